The minimum absolute atomic E-state index is 0.210. The highest BCUT2D eigenvalue weighted by atomic mass is 35.5. The lowest BCUT2D eigenvalue weighted by Gasteiger charge is -2.14. The SMILES string of the molecule is Cn1c(=O)n(C2CCN(C(=O)O)C2)c2c3nc(Cl)ccc3ncc21. The molecule has 9 heteroatoms. The Morgan fingerprint density at radius 1 is 1.42 bits per heavy atom. The first-order chi connectivity index (χ1) is 11.5. The summed E-state index contributed by atoms with van der Waals surface area (Å²) in [4.78, 5) is 33.9. The predicted molar refractivity (Wildman–Crippen MR) is 88.5 cm³/mol. The fourth-order valence-corrected chi connectivity index (χ4v) is 3.48. The van der Waals surface area contributed by atoms with E-state index in [2.05, 4.69) is 9.97 Å². The molecular formula is C15H14ClN5O3. The molecule has 0 aromatic carbocycles. The number of halogens is 1. The van der Waals surface area contributed by atoms with Crippen LogP contribution in [0.5, 0.6) is 0 Å². The molecule has 124 valence electrons. The predicted octanol–water partition coefficient (Wildman–Crippen LogP) is 1.86. The number of hydrogen-bond acceptors (Lipinski definition) is 4. The van der Waals surface area contributed by atoms with E-state index in [1.807, 2.05) is 0 Å². The Labute approximate surface area is 140 Å². The third-order valence-corrected chi connectivity index (χ3v) is 4.74. The number of carboxylic acid groups (broad SMARTS) is 1. The number of pyridine rings is 2. The van der Waals surface area contributed by atoms with Crippen molar-refractivity contribution in [2.75, 3.05) is 13.1 Å². The fraction of sp³-hybridized carbons (Fsp3) is 0.333. The highest BCUT2D eigenvalue weighted by molar-refractivity contribution is 6.30. The summed E-state index contributed by atoms with van der Waals surface area (Å²) in [6, 6.07) is 3.17. The number of fused-ring (bicyclic) bond motifs is 3. The van der Waals surface area contributed by atoms with Crippen molar-refractivity contribution in [3.63, 3.8) is 0 Å². The molecule has 1 unspecified atom stereocenters. The summed E-state index contributed by atoms with van der Waals surface area (Å²) in [6.45, 7) is 0.679. The number of amides is 1. The van der Waals surface area contributed by atoms with Crippen molar-refractivity contribution in [2.45, 2.75) is 12.5 Å². The molecule has 3 aromatic rings. The lowest BCUT2D eigenvalue weighted by molar-refractivity contribution is 0.154. The van der Waals surface area contributed by atoms with E-state index < -0.39 is 6.09 Å². The average Bonchev–Trinajstić information content (AvgIpc) is 3.12. The van der Waals surface area contributed by atoms with Gasteiger partial charge in [0.15, 0.2) is 0 Å². The number of rotatable bonds is 1. The number of imidazole rings is 1. The van der Waals surface area contributed by atoms with Crippen molar-refractivity contribution in [2.24, 2.45) is 7.05 Å². The van der Waals surface area contributed by atoms with E-state index in [0.29, 0.717) is 40.2 Å². The third-order valence-electron chi connectivity index (χ3n) is 4.53. The molecule has 0 saturated carbocycles. The molecule has 0 bridgehead atoms. The Balaban J connectivity index is 2.01. The fourth-order valence-electron chi connectivity index (χ4n) is 3.33. The first-order valence-corrected chi connectivity index (χ1v) is 7.85. The second-order valence-corrected chi connectivity index (χ2v) is 6.26. The maximum Gasteiger partial charge on any atom is 0.407 e. The number of carbonyl (C=O) groups is 1. The molecule has 3 aromatic heterocycles. The first kappa shape index (κ1) is 14.9. The Hall–Kier alpha value is -2.61. The Kier molecular flexibility index (Phi) is 3.24. The van der Waals surface area contributed by atoms with Gasteiger partial charge in [-0.1, -0.05) is 11.6 Å². The van der Waals surface area contributed by atoms with Gasteiger partial charge < -0.3 is 10.0 Å². The maximum atomic E-state index is 12.8. The smallest absolute Gasteiger partial charge is 0.407 e. The normalized spacial score (nSPS) is 17.9. The summed E-state index contributed by atoms with van der Waals surface area (Å²) < 4.78 is 3.14. The molecule has 1 aliphatic heterocycles. The van der Waals surface area contributed by atoms with Crippen molar-refractivity contribution < 1.29 is 9.90 Å². The van der Waals surface area contributed by atoms with Gasteiger partial charge in [-0.15, -0.1) is 0 Å². The van der Waals surface area contributed by atoms with Crippen LogP contribution in [0.3, 0.4) is 0 Å². The van der Waals surface area contributed by atoms with Crippen LogP contribution >= 0.6 is 11.6 Å². The van der Waals surface area contributed by atoms with Crippen molar-refractivity contribution in [3.05, 3.63) is 34.0 Å². The number of hydrogen-bond donors (Lipinski definition) is 1. The monoisotopic (exact) mass is 347 g/mol. The van der Waals surface area contributed by atoms with Crippen LogP contribution in [0.1, 0.15) is 12.5 Å². The number of likely N-dealkylation sites (tertiary alicyclic amines) is 1. The van der Waals surface area contributed by atoms with Gasteiger partial charge in [-0.2, -0.15) is 0 Å². The van der Waals surface area contributed by atoms with Gasteiger partial charge in [0.25, 0.3) is 0 Å². The Morgan fingerprint density at radius 3 is 2.92 bits per heavy atom. The van der Waals surface area contributed by atoms with Crippen LogP contribution in [0.4, 0.5) is 4.79 Å². The molecular weight excluding hydrogens is 334 g/mol. The number of aromatic nitrogens is 4. The van der Waals surface area contributed by atoms with E-state index in [1.165, 1.54) is 9.47 Å². The zero-order valence-corrected chi connectivity index (χ0v) is 13.6. The largest absolute Gasteiger partial charge is 0.465 e. The van der Waals surface area contributed by atoms with Gasteiger partial charge in [-0.05, 0) is 18.6 Å². The van der Waals surface area contributed by atoms with Crippen LogP contribution in [0, 0.1) is 0 Å². The summed E-state index contributed by atoms with van der Waals surface area (Å²) >= 11 is 6.02. The van der Waals surface area contributed by atoms with E-state index in [0.717, 1.165) is 0 Å². The van der Waals surface area contributed by atoms with Gasteiger partial charge in [0.2, 0.25) is 0 Å². The molecule has 8 nitrogen and oxygen atoms in total. The molecule has 0 spiro atoms. The minimum Gasteiger partial charge on any atom is -0.465 e. The number of nitrogens with zero attached hydrogens (tertiary/aromatic N) is 5. The highest BCUT2D eigenvalue weighted by Crippen LogP contribution is 2.28. The molecule has 24 heavy (non-hydrogen) atoms. The van der Waals surface area contributed by atoms with Crippen LogP contribution in [0.25, 0.3) is 22.1 Å². The molecule has 4 rings (SSSR count). The van der Waals surface area contributed by atoms with E-state index in [4.69, 9.17) is 16.7 Å². The van der Waals surface area contributed by atoms with Gasteiger partial charge in [-0.3, -0.25) is 14.1 Å². The van der Waals surface area contributed by atoms with E-state index in [1.54, 1.807) is 29.9 Å². The van der Waals surface area contributed by atoms with Crippen molar-refractivity contribution in [1.82, 2.24) is 24.0 Å². The quantitative estimate of drug-likeness (QED) is 0.678. The van der Waals surface area contributed by atoms with Crippen LogP contribution < -0.4 is 5.69 Å². The molecule has 1 saturated heterocycles. The number of aryl methyl sites for hydroxylation is 1. The van der Waals surface area contributed by atoms with Crippen molar-refractivity contribution in [1.29, 1.82) is 0 Å². The van der Waals surface area contributed by atoms with Crippen molar-refractivity contribution in [3.8, 4) is 0 Å². The third kappa shape index (κ3) is 2.06. The lowest BCUT2D eigenvalue weighted by Crippen LogP contribution is -2.30. The molecule has 1 aliphatic rings. The molecule has 1 N–H and O–H groups in total. The summed E-state index contributed by atoms with van der Waals surface area (Å²) in [7, 11) is 1.67. The maximum absolute atomic E-state index is 12.8. The van der Waals surface area contributed by atoms with E-state index in [9.17, 15) is 9.59 Å². The van der Waals surface area contributed by atoms with Gasteiger partial charge in [0.05, 0.1) is 28.8 Å². The second-order valence-electron chi connectivity index (χ2n) is 5.88. The van der Waals surface area contributed by atoms with E-state index >= 15 is 0 Å². The van der Waals surface area contributed by atoms with Crippen LogP contribution in [0.15, 0.2) is 23.1 Å². The van der Waals surface area contributed by atoms with Crippen LogP contribution in [0.2, 0.25) is 5.15 Å². The van der Waals surface area contributed by atoms with Gasteiger partial charge in [-0.25, -0.2) is 14.6 Å². The lowest BCUT2D eigenvalue weighted by atomic mass is 10.2. The molecule has 1 amide bonds. The topological polar surface area (TPSA) is 93.2 Å². The molecule has 0 radical (unpaired) electrons. The van der Waals surface area contributed by atoms with Crippen LogP contribution in [-0.2, 0) is 7.05 Å². The van der Waals surface area contributed by atoms with Gasteiger partial charge in [0, 0.05) is 20.1 Å². The zero-order chi connectivity index (χ0) is 17.0. The summed E-state index contributed by atoms with van der Waals surface area (Å²) in [5.41, 5.74) is 2.27. The average molecular weight is 348 g/mol. The molecule has 1 atom stereocenters. The van der Waals surface area contributed by atoms with Gasteiger partial charge in [0.1, 0.15) is 10.7 Å². The van der Waals surface area contributed by atoms with Gasteiger partial charge >= 0.3 is 11.8 Å². The molecule has 1 fully saturated rings. The standard InChI is InChI=1S/C15H14ClN5O3/c1-19-10-6-17-9-2-3-11(16)18-12(9)13(10)21(14(19)22)8-4-5-20(7-8)15(23)24/h2-3,6,8H,4-5,7H2,1H3,(H,23,24). The van der Waals surface area contributed by atoms with E-state index in [-0.39, 0.29) is 18.3 Å². The summed E-state index contributed by atoms with van der Waals surface area (Å²) in [5.74, 6) is 0. The Morgan fingerprint density at radius 2 is 2.21 bits per heavy atom. The summed E-state index contributed by atoms with van der Waals surface area (Å²) in [5, 5.41) is 9.49. The Bertz CT molecular complexity index is 1040. The van der Waals surface area contributed by atoms with Crippen molar-refractivity contribution >= 4 is 39.8 Å². The zero-order valence-electron chi connectivity index (χ0n) is 12.8. The van der Waals surface area contributed by atoms with Crippen LogP contribution in [-0.4, -0.2) is 48.3 Å². The second kappa shape index (κ2) is 5.20. The summed E-state index contributed by atoms with van der Waals surface area (Å²) in [6.07, 6.45) is 1.24. The first-order valence-electron chi connectivity index (χ1n) is 7.47. The minimum atomic E-state index is -0.974. The molecule has 4 heterocycles. The molecule has 0 aliphatic carbocycles. The highest BCUT2D eigenvalue weighted by Gasteiger charge is 2.30.